The van der Waals surface area contributed by atoms with E-state index >= 15 is 0 Å². The Balaban J connectivity index is 1.84. The molecular weight excluding hydrogens is 338 g/mol. The molecule has 26 heavy (non-hydrogen) atoms. The number of carbonyl (C=O) groups excluding carboxylic acids is 1. The van der Waals surface area contributed by atoms with Crippen LogP contribution in [-0.2, 0) is 6.54 Å². The molecule has 132 valence electrons. The number of nitro benzene ring substituents is 1. The minimum absolute atomic E-state index is 0.0467. The van der Waals surface area contributed by atoms with Crippen LogP contribution in [0.1, 0.15) is 16.1 Å². The maximum atomic E-state index is 12.3. The molecule has 1 heterocycles. The third kappa shape index (κ3) is 3.37. The molecule has 0 unspecified atom stereocenters. The Morgan fingerprint density at radius 2 is 2.04 bits per heavy atom. The highest BCUT2D eigenvalue weighted by molar-refractivity contribution is 6.03. The minimum atomic E-state index is -0.557. The number of aromatic hydroxyl groups is 1. The summed E-state index contributed by atoms with van der Waals surface area (Å²) >= 11 is 0. The number of carbonyl (C=O) groups is 1. The lowest BCUT2D eigenvalue weighted by atomic mass is 10.2. The zero-order valence-corrected chi connectivity index (χ0v) is 13.5. The average molecular weight is 353 g/mol. The quantitative estimate of drug-likeness (QED) is 0.365. The molecule has 2 aromatic carbocycles. The Bertz CT molecular complexity index is 983. The number of nitrogens with two attached hydrogens (primary N) is 1. The Labute approximate surface area is 147 Å². The predicted octanol–water partition coefficient (Wildman–Crippen LogP) is 2.20. The molecule has 1 amide bonds. The van der Waals surface area contributed by atoms with Crippen LogP contribution in [0.2, 0.25) is 0 Å². The maximum absolute atomic E-state index is 12.3. The van der Waals surface area contributed by atoms with Crippen molar-refractivity contribution < 1.29 is 14.8 Å². The number of aromatic nitrogens is 2. The summed E-state index contributed by atoms with van der Waals surface area (Å²) in [7, 11) is 0. The first-order valence-electron chi connectivity index (χ1n) is 7.62. The molecule has 0 bridgehead atoms. The van der Waals surface area contributed by atoms with Crippen molar-refractivity contribution in [2.75, 3.05) is 5.32 Å². The van der Waals surface area contributed by atoms with E-state index in [1.54, 1.807) is 18.2 Å². The molecule has 0 spiro atoms. The van der Waals surface area contributed by atoms with Crippen molar-refractivity contribution in [3.8, 4) is 11.4 Å². The number of benzene rings is 2. The molecule has 0 aliphatic carbocycles. The van der Waals surface area contributed by atoms with Gasteiger partial charge in [0.1, 0.15) is 11.4 Å². The molecule has 0 radical (unpaired) electrons. The number of rotatable bonds is 5. The Morgan fingerprint density at radius 1 is 1.27 bits per heavy atom. The summed E-state index contributed by atoms with van der Waals surface area (Å²) in [6.45, 7) is 0.266. The van der Waals surface area contributed by atoms with Gasteiger partial charge in [0.15, 0.2) is 5.69 Å². The second-order valence-corrected chi connectivity index (χ2v) is 5.40. The summed E-state index contributed by atoms with van der Waals surface area (Å²) in [6, 6.07) is 12.2. The van der Waals surface area contributed by atoms with Crippen molar-refractivity contribution in [2.24, 2.45) is 5.73 Å². The fourth-order valence-corrected chi connectivity index (χ4v) is 2.39. The number of hydrogen-bond acceptors (Lipinski definition) is 6. The molecule has 0 aliphatic heterocycles. The molecule has 9 nitrogen and oxygen atoms in total. The van der Waals surface area contributed by atoms with E-state index in [4.69, 9.17) is 5.73 Å². The standard InChI is InChI=1S/C17H15N5O4/c18-10-11-5-6-12(16(23)9-11)19-17(24)13-7-8-21(20-13)14-3-1-2-4-15(14)22(25)26/h1-9,23H,10,18H2,(H,19,24). The number of nitrogens with one attached hydrogen (secondary N) is 1. The summed E-state index contributed by atoms with van der Waals surface area (Å²) in [5.41, 5.74) is 6.59. The first-order valence-corrected chi connectivity index (χ1v) is 7.62. The normalized spacial score (nSPS) is 10.5. The van der Waals surface area contributed by atoms with Crippen molar-refractivity contribution in [1.29, 1.82) is 0 Å². The van der Waals surface area contributed by atoms with E-state index in [2.05, 4.69) is 10.4 Å². The van der Waals surface area contributed by atoms with Crippen LogP contribution in [0, 0.1) is 10.1 Å². The molecule has 0 saturated carbocycles. The highest BCUT2D eigenvalue weighted by Gasteiger charge is 2.17. The molecule has 1 aromatic heterocycles. The van der Waals surface area contributed by atoms with Gasteiger partial charge in [-0.3, -0.25) is 14.9 Å². The van der Waals surface area contributed by atoms with Gasteiger partial charge in [0, 0.05) is 18.8 Å². The van der Waals surface area contributed by atoms with Gasteiger partial charge in [-0.1, -0.05) is 18.2 Å². The van der Waals surface area contributed by atoms with Gasteiger partial charge >= 0.3 is 0 Å². The molecule has 3 aromatic rings. The Morgan fingerprint density at radius 3 is 2.73 bits per heavy atom. The van der Waals surface area contributed by atoms with E-state index in [1.807, 2.05) is 0 Å². The summed E-state index contributed by atoms with van der Waals surface area (Å²) in [4.78, 5) is 22.9. The molecule has 0 saturated heterocycles. The molecule has 4 N–H and O–H groups in total. The minimum Gasteiger partial charge on any atom is -0.506 e. The van der Waals surface area contributed by atoms with Gasteiger partial charge in [-0.25, -0.2) is 4.68 Å². The molecular formula is C17H15N5O4. The topological polar surface area (TPSA) is 136 Å². The van der Waals surface area contributed by atoms with Gasteiger partial charge in [0.2, 0.25) is 0 Å². The number of nitrogens with zero attached hydrogens (tertiary/aromatic N) is 3. The fraction of sp³-hybridized carbons (Fsp3) is 0.0588. The lowest BCUT2D eigenvalue weighted by Gasteiger charge is -2.07. The zero-order valence-electron chi connectivity index (χ0n) is 13.5. The van der Waals surface area contributed by atoms with Crippen molar-refractivity contribution in [1.82, 2.24) is 9.78 Å². The summed E-state index contributed by atoms with van der Waals surface area (Å²) in [5.74, 6) is -0.669. The summed E-state index contributed by atoms with van der Waals surface area (Å²) < 4.78 is 1.25. The van der Waals surface area contributed by atoms with Crippen LogP contribution < -0.4 is 11.1 Å². The van der Waals surface area contributed by atoms with Crippen LogP contribution in [0.25, 0.3) is 5.69 Å². The van der Waals surface area contributed by atoms with E-state index in [1.165, 1.54) is 41.2 Å². The van der Waals surface area contributed by atoms with E-state index in [-0.39, 0.29) is 35.1 Å². The monoisotopic (exact) mass is 353 g/mol. The lowest BCUT2D eigenvalue weighted by Crippen LogP contribution is -2.13. The van der Waals surface area contributed by atoms with Gasteiger partial charge in [-0.05, 0) is 29.8 Å². The zero-order chi connectivity index (χ0) is 18.7. The Hall–Kier alpha value is -3.72. The van der Waals surface area contributed by atoms with Crippen LogP contribution >= 0.6 is 0 Å². The van der Waals surface area contributed by atoms with Crippen molar-refractivity contribution in [2.45, 2.75) is 6.54 Å². The lowest BCUT2D eigenvalue weighted by molar-refractivity contribution is -0.384. The third-order valence-corrected chi connectivity index (χ3v) is 3.69. The number of phenolic OH excluding ortho intramolecular Hbond substituents is 1. The second-order valence-electron chi connectivity index (χ2n) is 5.40. The SMILES string of the molecule is NCc1ccc(NC(=O)c2ccn(-c3ccccc3[N+](=O)[O-])n2)c(O)c1. The summed E-state index contributed by atoms with van der Waals surface area (Å²) in [5, 5.41) is 27.7. The van der Waals surface area contributed by atoms with E-state index in [0.29, 0.717) is 0 Å². The van der Waals surface area contributed by atoms with Crippen LogP contribution in [0.3, 0.4) is 0 Å². The number of para-hydroxylation sites is 2. The summed E-state index contributed by atoms with van der Waals surface area (Å²) in [6.07, 6.45) is 1.45. The first kappa shape index (κ1) is 17.1. The van der Waals surface area contributed by atoms with E-state index in [0.717, 1.165) is 5.56 Å². The second kappa shape index (κ2) is 7.03. The fourth-order valence-electron chi connectivity index (χ4n) is 2.39. The van der Waals surface area contributed by atoms with Crippen LogP contribution in [-0.4, -0.2) is 25.7 Å². The highest BCUT2D eigenvalue weighted by Crippen LogP contribution is 2.25. The van der Waals surface area contributed by atoms with Gasteiger partial charge in [-0.15, -0.1) is 0 Å². The Kier molecular flexibility index (Phi) is 4.63. The first-order chi connectivity index (χ1) is 12.5. The van der Waals surface area contributed by atoms with Gasteiger partial charge < -0.3 is 16.2 Å². The third-order valence-electron chi connectivity index (χ3n) is 3.69. The predicted molar refractivity (Wildman–Crippen MR) is 94.2 cm³/mol. The van der Waals surface area contributed by atoms with Crippen molar-refractivity contribution in [3.05, 3.63) is 76.1 Å². The molecule has 3 rings (SSSR count). The van der Waals surface area contributed by atoms with Gasteiger partial charge in [0.05, 0.1) is 10.6 Å². The number of hydrogen-bond donors (Lipinski definition) is 3. The number of phenols is 1. The van der Waals surface area contributed by atoms with Crippen molar-refractivity contribution >= 4 is 17.3 Å². The average Bonchev–Trinajstić information content (AvgIpc) is 3.13. The maximum Gasteiger partial charge on any atom is 0.294 e. The molecule has 0 atom stereocenters. The highest BCUT2D eigenvalue weighted by atomic mass is 16.6. The van der Waals surface area contributed by atoms with Crippen molar-refractivity contribution in [3.63, 3.8) is 0 Å². The smallest absolute Gasteiger partial charge is 0.294 e. The van der Waals surface area contributed by atoms with Crippen LogP contribution in [0.4, 0.5) is 11.4 Å². The largest absolute Gasteiger partial charge is 0.506 e. The number of nitro groups is 1. The molecule has 0 aliphatic rings. The van der Waals surface area contributed by atoms with E-state index < -0.39 is 10.8 Å². The van der Waals surface area contributed by atoms with Gasteiger partial charge in [0.25, 0.3) is 11.6 Å². The number of amides is 1. The molecule has 9 heteroatoms. The van der Waals surface area contributed by atoms with Crippen LogP contribution in [0.5, 0.6) is 5.75 Å². The van der Waals surface area contributed by atoms with E-state index in [9.17, 15) is 20.0 Å². The molecule has 0 fully saturated rings. The number of anilines is 1. The van der Waals surface area contributed by atoms with Gasteiger partial charge in [-0.2, -0.15) is 5.10 Å². The van der Waals surface area contributed by atoms with Crippen LogP contribution in [0.15, 0.2) is 54.7 Å².